The first-order valence-corrected chi connectivity index (χ1v) is 6.12. The van der Waals surface area contributed by atoms with Gasteiger partial charge in [-0.1, -0.05) is 12.1 Å². The fourth-order valence-electron chi connectivity index (χ4n) is 1.82. The number of hydrogen-bond acceptors (Lipinski definition) is 2. The van der Waals surface area contributed by atoms with E-state index < -0.39 is 0 Å². The van der Waals surface area contributed by atoms with Crippen LogP contribution in [-0.2, 0) is 4.74 Å². The van der Waals surface area contributed by atoms with E-state index in [0.29, 0.717) is 19.8 Å². The number of amides is 1. The highest BCUT2D eigenvalue weighted by Crippen LogP contribution is 2.20. The Morgan fingerprint density at radius 1 is 1.50 bits per heavy atom. The van der Waals surface area contributed by atoms with Crippen molar-refractivity contribution < 1.29 is 9.53 Å². The summed E-state index contributed by atoms with van der Waals surface area (Å²) in [4.78, 5) is 14.1. The molecule has 0 aliphatic carbocycles. The van der Waals surface area contributed by atoms with Gasteiger partial charge in [-0.3, -0.25) is 4.79 Å². The Labute approximate surface area is 104 Å². The summed E-state index contributed by atoms with van der Waals surface area (Å²) in [6.07, 6.45) is 0. The molecule has 0 spiro atoms. The van der Waals surface area contributed by atoms with Crippen LogP contribution >= 0.6 is 15.9 Å². The lowest BCUT2D eigenvalue weighted by Crippen LogP contribution is -2.47. The molecule has 2 rings (SSSR count). The Hall–Kier alpha value is -0.870. The molecule has 0 N–H and O–H groups in total. The molecule has 4 heteroatoms. The smallest absolute Gasteiger partial charge is 0.255 e. The monoisotopic (exact) mass is 283 g/mol. The lowest BCUT2D eigenvalue weighted by molar-refractivity contribution is 0.00354. The SMILES string of the molecule is C[C@@H]1COCCN1C(=O)c1ccccc1Br. The van der Waals surface area contributed by atoms with Crippen LogP contribution in [0.3, 0.4) is 0 Å². The zero-order valence-electron chi connectivity index (χ0n) is 9.15. The van der Waals surface area contributed by atoms with E-state index in [-0.39, 0.29) is 11.9 Å². The minimum Gasteiger partial charge on any atom is -0.377 e. The third kappa shape index (κ3) is 2.28. The second kappa shape index (κ2) is 4.97. The first-order valence-electron chi connectivity index (χ1n) is 5.33. The Kier molecular flexibility index (Phi) is 3.61. The van der Waals surface area contributed by atoms with Crippen molar-refractivity contribution in [2.24, 2.45) is 0 Å². The Morgan fingerprint density at radius 2 is 2.25 bits per heavy atom. The molecule has 1 aromatic carbocycles. The van der Waals surface area contributed by atoms with Crippen LogP contribution in [0.4, 0.5) is 0 Å². The van der Waals surface area contributed by atoms with Crippen molar-refractivity contribution in [3.05, 3.63) is 34.3 Å². The quantitative estimate of drug-likeness (QED) is 0.792. The summed E-state index contributed by atoms with van der Waals surface area (Å²) in [5.74, 6) is 0.0725. The van der Waals surface area contributed by atoms with Crippen molar-refractivity contribution in [1.29, 1.82) is 0 Å². The Morgan fingerprint density at radius 3 is 2.94 bits per heavy atom. The summed E-state index contributed by atoms with van der Waals surface area (Å²) in [7, 11) is 0. The van der Waals surface area contributed by atoms with Gasteiger partial charge in [0.1, 0.15) is 0 Å². The van der Waals surface area contributed by atoms with Gasteiger partial charge in [-0.05, 0) is 35.0 Å². The molecule has 1 fully saturated rings. The number of halogens is 1. The predicted octanol–water partition coefficient (Wildman–Crippen LogP) is 2.31. The maximum absolute atomic E-state index is 12.3. The molecular weight excluding hydrogens is 270 g/mol. The third-order valence-electron chi connectivity index (χ3n) is 2.73. The first-order chi connectivity index (χ1) is 7.70. The van der Waals surface area contributed by atoms with E-state index in [0.717, 1.165) is 10.0 Å². The second-order valence-corrected chi connectivity index (χ2v) is 4.76. The highest BCUT2D eigenvalue weighted by Gasteiger charge is 2.25. The summed E-state index contributed by atoms with van der Waals surface area (Å²) >= 11 is 3.40. The van der Waals surface area contributed by atoms with Gasteiger partial charge >= 0.3 is 0 Å². The van der Waals surface area contributed by atoms with Crippen LogP contribution in [0.2, 0.25) is 0 Å². The van der Waals surface area contributed by atoms with Gasteiger partial charge in [0, 0.05) is 11.0 Å². The average Bonchev–Trinajstić information content (AvgIpc) is 2.29. The Bertz CT molecular complexity index is 394. The van der Waals surface area contributed by atoms with Gasteiger partial charge in [-0.2, -0.15) is 0 Å². The van der Waals surface area contributed by atoms with Crippen LogP contribution in [0.15, 0.2) is 28.7 Å². The molecule has 0 bridgehead atoms. The molecule has 1 aliphatic rings. The number of morpholine rings is 1. The molecule has 1 atom stereocenters. The number of carbonyl (C=O) groups excluding carboxylic acids is 1. The minimum absolute atomic E-state index is 0.0725. The number of nitrogens with zero attached hydrogens (tertiary/aromatic N) is 1. The van der Waals surface area contributed by atoms with Gasteiger partial charge in [0.05, 0.1) is 24.8 Å². The largest absolute Gasteiger partial charge is 0.377 e. The normalized spacial score (nSPS) is 20.9. The predicted molar refractivity (Wildman–Crippen MR) is 65.5 cm³/mol. The van der Waals surface area contributed by atoms with Crippen LogP contribution in [-0.4, -0.2) is 36.6 Å². The van der Waals surface area contributed by atoms with Gasteiger partial charge in [-0.15, -0.1) is 0 Å². The molecule has 3 nitrogen and oxygen atoms in total. The molecule has 0 aromatic heterocycles. The number of rotatable bonds is 1. The second-order valence-electron chi connectivity index (χ2n) is 3.90. The van der Waals surface area contributed by atoms with Crippen molar-refractivity contribution in [3.63, 3.8) is 0 Å². The maximum Gasteiger partial charge on any atom is 0.255 e. The lowest BCUT2D eigenvalue weighted by Gasteiger charge is -2.33. The topological polar surface area (TPSA) is 29.5 Å². The molecule has 0 unspecified atom stereocenters. The van der Waals surface area contributed by atoms with Crippen molar-refractivity contribution in [1.82, 2.24) is 4.90 Å². The molecule has 16 heavy (non-hydrogen) atoms. The van der Waals surface area contributed by atoms with Crippen LogP contribution in [0.25, 0.3) is 0 Å². The first kappa shape index (κ1) is 11.6. The van der Waals surface area contributed by atoms with E-state index in [1.165, 1.54) is 0 Å². The highest BCUT2D eigenvalue weighted by atomic mass is 79.9. The summed E-state index contributed by atoms with van der Waals surface area (Å²) in [6, 6.07) is 7.66. The van der Waals surface area contributed by atoms with Crippen molar-refractivity contribution in [2.45, 2.75) is 13.0 Å². The van der Waals surface area contributed by atoms with E-state index >= 15 is 0 Å². The van der Waals surface area contributed by atoms with Gasteiger partial charge in [0.15, 0.2) is 0 Å². The minimum atomic E-state index is 0.0725. The molecule has 1 aromatic rings. The fourth-order valence-corrected chi connectivity index (χ4v) is 2.27. The molecule has 86 valence electrons. The molecular formula is C12H14BrNO2. The molecule has 1 amide bonds. The number of ether oxygens (including phenoxy) is 1. The Balaban J connectivity index is 2.21. The van der Waals surface area contributed by atoms with Crippen LogP contribution in [0, 0.1) is 0 Å². The summed E-state index contributed by atoms with van der Waals surface area (Å²) < 4.78 is 6.17. The zero-order valence-corrected chi connectivity index (χ0v) is 10.7. The van der Waals surface area contributed by atoms with Crippen molar-refractivity contribution in [2.75, 3.05) is 19.8 Å². The zero-order chi connectivity index (χ0) is 11.5. The number of benzene rings is 1. The third-order valence-corrected chi connectivity index (χ3v) is 3.42. The lowest BCUT2D eigenvalue weighted by atomic mass is 10.1. The number of carbonyl (C=O) groups is 1. The van der Waals surface area contributed by atoms with E-state index in [4.69, 9.17) is 4.74 Å². The van der Waals surface area contributed by atoms with Gasteiger partial charge in [0.2, 0.25) is 0 Å². The van der Waals surface area contributed by atoms with Crippen molar-refractivity contribution in [3.8, 4) is 0 Å². The average molecular weight is 284 g/mol. The maximum atomic E-state index is 12.3. The van der Waals surface area contributed by atoms with Gasteiger partial charge < -0.3 is 9.64 Å². The van der Waals surface area contributed by atoms with Gasteiger partial charge in [0.25, 0.3) is 5.91 Å². The molecule has 0 radical (unpaired) electrons. The van der Waals surface area contributed by atoms with E-state index in [9.17, 15) is 4.79 Å². The molecule has 0 saturated carbocycles. The van der Waals surface area contributed by atoms with Gasteiger partial charge in [-0.25, -0.2) is 0 Å². The molecule has 1 saturated heterocycles. The van der Waals surface area contributed by atoms with E-state index in [1.807, 2.05) is 36.1 Å². The van der Waals surface area contributed by atoms with E-state index in [2.05, 4.69) is 15.9 Å². The van der Waals surface area contributed by atoms with Crippen LogP contribution < -0.4 is 0 Å². The fraction of sp³-hybridized carbons (Fsp3) is 0.417. The standard InChI is InChI=1S/C12H14BrNO2/c1-9-8-16-7-6-14(9)12(15)10-4-2-3-5-11(10)13/h2-5,9H,6-8H2,1H3/t9-/m1/s1. The number of hydrogen-bond donors (Lipinski definition) is 0. The van der Waals surface area contributed by atoms with E-state index in [1.54, 1.807) is 0 Å². The molecule has 1 aliphatic heterocycles. The summed E-state index contributed by atoms with van der Waals surface area (Å²) in [5.41, 5.74) is 0.719. The van der Waals surface area contributed by atoms with Crippen LogP contribution in [0.1, 0.15) is 17.3 Å². The van der Waals surface area contributed by atoms with Crippen LogP contribution in [0.5, 0.6) is 0 Å². The van der Waals surface area contributed by atoms with Crippen molar-refractivity contribution >= 4 is 21.8 Å². The molecule has 1 heterocycles. The highest BCUT2D eigenvalue weighted by molar-refractivity contribution is 9.10. The summed E-state index contributed by atoms with van der Waals surface area (Å²) in [6.45, 7) is 3.92. The summed E-state index contributed by atoms with van der Waals surface area (Å²) in [5, 5.41) is 0.